The maximum Gasteiger partial charge on any atom is 0.237 e. The van der Waals surface area contributed by atoms with Gasteiger partial charge in [-0.15, -0.1) is 0 Å². The number of amides is 1. The lowest BCUT2D eigenvalue weighted by atomic mass is 10.0. The number of carbonyl (C=O) groups is 1. The van der Waals surface area contributed by atoms with Crippen LogP contribution in [0.25, 0.3) is 0 Å². The van der Waals surface area contributed by atoms with E-state index in [0.29, 0.717) is 11.5 Å². The highest BCUT2D eigenvalue weighted by molar-refractivity contribution is 7.80. The van der Waals surface area contributed by atoms with Crippen LogP contribution >= 0.6 is 12.2 Å². The summed E-state index contributed by atoms with van der Waals surface area (Å²) in [5.74, 6) is 0.0703. The molecule has 3 N–H and O–H groups in total. The monoisotopic (exact) mass is 215 g/mol. The molecule has 1 saturated heterocycles. The van der Waals surface area contributed by atoms with Crippen LogP contribution in [0.4, 0.5) is 0 Å². The molecule has 0 saturated carbocycles. The molecule has 1 aliphatic heterocycles. The van der Waals surface area contributed by atoms with Crippen molar-refractivity contribution >= 4 is 23.1 Å². The Labute approximate surface area is 89.8 Å². The van der Waals surface area contributed by atoms with Crippen molar-refractivity contribution in [1.82, 2.24) is 10.2 Å². The zero-order valence-corrected chi connectivity index (χ0v) is 9.27. The number of nitrogens with two attached hydrogens (primary N) is 1. The molecule has 1 fully saturated rings. The van der Waals surface area contributed by atoms with Crippen LogP contribution < -0.4 is 11.1 Å². The van der Waals surface area contributed by atoms with Gasteiger partial charge in [-0.2, -0.15) is 0 Å². The zero-order valence-electron chi connectivity index (χ0n) is 8.45. The van der Waals surface area contributed by atoms with Crippen LogP contribution in [0, 0.1) is 0 Å². The van der Waals surface area contributed by atoms with E-state index < -0.39 is 0 Å². The van der Waals surface area contributed by atoms with Gasteiger partial charge in [0, 0.05) is 13.6 Å². The van der Waals surface area contributed by atoms with Crippen LogP contribution in [0.15, 0.2) is 0 Å². The molecule has 0 aromatic heterocycles. The van der Waals surface area contributed by atoms with Crippen LogP contribution in [0.5, 0.6) is 0 Å². The van der Waals surface area contributed by atoms with Crippen molar-refractivity contribution in [2.24, 2.45) is 5.73 Å². The number of nitrogens with one attached hydrogen (secondary N) is 1. The summed E-state index contributed by atoms with van der Waals surface area (Å²) >= 11 is 4.86. The highest BCUT2D eigenvalue weighted by Gasteiger charge is 2.27. The third-order valence-corrected chi connectivity index (χ3v) is 2.65. The highest BCUT2D eigenvalue weighted by atomic mass is 32.1. The van der Waals surface area contributed by atoms with Crippen molar-refractivity contribution in [3.63, 3.8) is 0 Å². The minimum atomic E-state index is -0.0461. The molecule has 0 bridgehead atoms. The predicted molar refractivity (Wildman–Crippen MR) is 60.1 cm³/mol. The Bertz CT molecular complexity index is 232. The number of hydrogen-bond donors (Lipinski definition) is 2. The Balaban J connectivity index is 2.58. The van der Waals surface area contributed by atoms with Gasteiger partial charge in [0.1, 0.15) is 0 Å². The van der Waals surface area contributed by atoms with E-state index in [9.17, 15) is 4.79 Å². The molecule has 80 valence electrons. The number of rotatable bonds is 3. The third-order valence-electron chi connectivity index (χ3n) is 2.52. The van der Waals surface area contributed by atoms with Gasteiger partial charge in [-0.25, -0.2) is 0 Å². The van der Waals surface area contributed by atoms with E-state index in [1.807, 2.05) is 0 Å². The van der Waals surface area contributed by atoms with Gasteiger partial charge in [0.15, 0.2) is 0 Å². The predicted octanol–water partition coefficient (Wildman–Crippen LogP) is -0.127. The van der Waals surface area contributed by atoms with Crippen LogP contribution in [-0.4, -0.2) is 42.0 Å². The second-order valence-electron chi connectivity index (χ2n) is 3.56. The standard InChI is InChI=1S/C9H17N3OS/c1-11-9(13)7-4-2-3-5-12(7)6-8(10)14/h7H,2-6H2,1H3,(H2,10,14)(H,11,13). The Morgan fingerprint density at radius 1 is 1.64 bits per heavy atom. The molecule has 1 heterocycles. The van der Waals surface area contributed by atoms with Crippen LogP contribution in [0.2, 0.25) is 0 Å². The SMILES string of the molecule is CNC(=O)C1CCCCN1CC(N)=S. The fraction of sp³-hybridized carbons (Fsp3) is 0.778. The molecular weight excluding hydrogens is 198 g/mol. The van der Waals surface area contributed by atoms with E-state index in [4.69, 9.17) is 18.0 Å². The molecular formula is C9H17N3OS. The quantitative estimate of drug-likeness (QED) is 0.644. The molecule has 14 heavy (non-hydrogen) atoms. The Kier molecular flexibility index (Phi) is 4.28. The number of hydrogen-bond acceptors (Lipinski definition) is 3. The van der Waals surface area contributed by atoms with Gasteiger partial charge < -0.3 is 11.1 Å². The summed E-state index contributed by atoms with van der Waals surface area (Å²) in [6.07, 6.45) is 3.13. The Morgan fingerprint density at radius 3 is 2.93 bits per heavy atom. The van der Waals surface area contributed by atoms with Gasteiger partial charge >= 0.3 is 0 Å². The number of carbonyl (C=O) groups excluding carboxylic acids is 1. The lowest BCUT2D eigenvalue weighted by Gasteiger charge is -2.33. The summed E-state index contributed by atoms with van der Waals surface area (Å²) < 4.78 is 0. The van der Waals surface area contributed by atoms with Crippen molar-refractivity contribution in [3.05, 3.63) is 0 Å². The fourth-order valence-electron chi connectivity index (χ4n) is 1.84. The van der Waals surface area contributed by atoms with Crippen LogP contribution in [-0.2, 0) is 4.79 Å². The van der Waals surface area contributed by atoms with E-state index in [1.54, 1.807) is 7.05 Å². The summed E-state index contributed by atoms with van der Waals surface area (Å²) in [5.41, 5.74) is 5.49. The molecule has 5 heteroatoms. The van der Waals surface area contributed by atoms with E-state index in [2.05, 4.69) is 10.2 Å². The van der Waals surface area contributed by atoms with E-state index in [0.717, 1.165) is 25.8 Å². The number of thiocarbonyl (C=S) groups is 1. The van der Waals surface area contributed by atoms with Crippen molar-refractivity contribution < 1.29 is 4.79 Å². The summed E-state index contributed by atoms with van der Waals surface area (Å²) in [6, 6.07) is -0.0461. The Morgan fingerprint density at radius 2 is 2.36 bits per heavy atom. The number of nitrogens with zero attached hydrogens (tertiary/aromatic N) is 1. The van der Waals surface area contributed by atoms with Gasteiger partial charge in [0.05, 0.1) is 11.0 Å². The van der Waals surface area contributed by atoms with Gasteiger partial charge in [0.2, 0.25) is 5.91 Å². The fourth-order valence-corrected chi connectivity index (χ4v) is 2.01. The zero-order chi connectivity index (χ0) is 10.6. The topological polar surface area (TPSA) is 58.4 Å². The average molecular weight is 215 g/mol. The van der Waals surface area contributed by atoms with Gasteiger partial charge in [-0.05, 0) is 19.4 Å². The summed E-state index contributed by atoms with van der Waals surface area (Å²) in [6.45, 7) is 1.46. The number of piperidine rings is 1. The molecule has 4 nitrogen and oxygen atoms in total. The van der Waals surface area contributed by atoms with Gasteiger partial charge in [0.25, 0.3) is 0 Å². The summed E-state index contributed by atoms with van der Waals surface area (Å²) in [7, 11) is 1.66. The van der Waals surface area contributed by atoms with Crippen molar-refractivity contribution in [2.45, 2.75) is 25.3 Å². The normalized spacial score (nSPS) is 23.1. The molecule has 1 unspecified atom stereocenters. The van der Waals surface area contributed by atoms with Gasteiger partial charge in [-0.3, -0.25) is 9.69 Å². The second-order valence-corrected chi connectivity index (χ2v) is 4.09. The molecule has 0 aromatic rings. The summed E-state index contributed by atoms with van der Waals surface area (Å²) in [4.78, 5) is 14.0. The van der Waals surface area contributed by atoms with Crippen molar-refractivity contribution in [3.8, 4) is 0 Å². The Hall–Kier alpha value is -0.680. The highest BCUT2D eigenvalue weighted by Crippen LogP contribution is 2.16. The second kappa shape index (κ2) is 5.26. The summed E-state index contributed by atoms with van der Waals surface area (Å²) in [5, 5.41) is 2.67. The third kappa shape index (κ3) is 2.92. The molecule has 0 radical (unpaired) electrons. The number of likely N-dealkylation sites (N-methyl/N-ethyl adjacent to an activating group) is 1. The van der Waals surface area contributed by atoms with E-state index in [1.165, 1.54) is 0 Å². The van der Waals surface area contributed by atoms with E-state index in [-0.39, 0.29) is 11.9 Å². The maximum atomic E-state index is 11.5. The molecule has 0 aromatic carbocycles. The molecule has 0 aliphatic carbocycles. The minimum Gasteiger partial charge on any atom is -0.392 e. The molecule has 0 spiro atoms. The minimum absolute atomic E-state index is 0.0461. The lowest BCUT2D eigenvalue weighted by Crippen LogP contribution is -2.50. The molecule has 1 rings (SSSR count). The average Bonchev–Trinajstić information content (AvgIpc) is 2.16. The van der Waals surface area contributed by atoms with Crippen LogP contribution in [0.3, 0.4) is 0 Å². The first kappa shape index (κ1) is 11.4. The molecule has 1 atom stereocenters. The number of likely N-dealkylation sites (tertiary alicyclic amines) is 1. The molecule has 1 amide bonds. The largest absolute Gasteiger partial charge is 0.392 e. The molecule has 1 aliphatic rings. The first-order valence-corrected chi connectivity index (χ1v) is 5.30. The van der Waals surface area contributed by atoms with Crippen molar-refractivity contribution in [1.29, 1.82) is 0 Å². The maximum absolute atomic E-state index is 11.5. The van der Waals surface area contributed by atoms with Crippen LogP contribution in [0.1, 0.15) is 19.3 Å². The smallest absolute Gasteiger partial charge is 0.237 e. The van der Waals surface area contributed by atoms with Gasteiger partial charge in [-0.1, -0.05) is 18.6 Å². The first-order chi connectivity index (χ1) is 6.65. The first-order valence-electron chi connectivity index (χ1n) is 4.89. The lowest BCUT2D eigenvalue weighted by molar-refractivity contribution is -0.126. The van der Waals surface area contributed by atoms with E-state index >= 15 is 0 Å². The van der Waals surface area contributed by atoms with Crippen molar-refractivity contribution in [2.75, 3.05) is 20.1 Å².